The van der Waals surface area contributed by atoms with Gasteiger partial charge >= 0.3 is 0 Å². The molecular formula is C21H25Cl2IN6. The number of benzene rings is 2. The van der Waals surface area contributed by atoms with Gasteiger partial charge in [-0.3, -0.25) is 0 Å². The molecule has 0 fully saturated rings. The van der Waals surface area contributed by atoms with Crippen molar-refractivity contribution >= 4 is 53.1 Å². The number of aryl methyl sites for hydroxylation is 1. The minimum absolute atomic E-state index is 0. The first-order valence-electron chi connectivity index (χ1n) is 9.26. The average molecular weight is 559 g/mol. The minimum Gasteiger partial charge on any atom is -0.349 e. The van der Waals surface area contributed by atoms with Gasteiger partial charge in [-0.1, -0.05) is 59.6 Å². The molecule has 0 atom stereocenters. The van der Waals surface area contributed by atoms with E-state index in [4.69, 9.17) is 28.2 Å². The summed E-state index contributed by atoms with van der Waals surface area (Å²) in [6, 6.07) is 15.8. The number of halogens is 3. The van der Waals surface area contributed by atoms with Crippen molar-refractivity contribution in [1.82, 2.24) is 25.0 Å². The first-order valence-corrected chi connectivity index (χ1v) is 10.0. The van der Waals surface area contributed by atoms with E-state index in [1.807, 2.05) is 66.9 Å². The summed E-state index contributed by atoms with van der Waals surface area (Å²) < 4.78 is 1.96. The molecule has 0 bridgehead atoms. The van der Waals surface area contributed by atoms with E-state index in [1.54, 1.807) is 0 Å². The molecule has 9 heteroatoms. The van der Waals surface area contributed by atoms with Crippen molar-refractivity contribution in [2.45, 2.75) is 26.6 Å². The van der Waals surface area contributed by atoms with E-state index < -0.39 is 0 Å². The highest BCUT2D eigenvalue weighted by Gasteiger charge is 2.11. The van der Waals surface area contributed by atoms with Crippen LogP contribution in [0.25, 0.3) is 0 Å². The summed E-state index contributed by atoms with van der Waals surface area (Å²) in [4.78, 5) is 6.84. The quantitative estimate of drug-likeness (QED) is 0.267. The van der Waals surface area contributed by atoms with Crippen LogP contribution in [0.4, 0.5) is 0 Å². The normalized spacial score (nSPS) is 11.2. The lowest BCUT2D eigenvalue weighted by Crippen LogP contribution is -2.38. The summed E-state index contributed by atoms with van der Waals surface area (Å²) in [5.41, 5.74) is 2.19. The zero-order valence-corrected chi connectivity index (χ0v) is 21.0. The van der Waals surface area contributed by atoms with Gasteiger partial charge in [0.05, 0.1) is 23.1 Å². The maximum absolute atomic E-state index is 6.16. The minimum atomic E-state index is 0. The second-order valence-electron chi connectivity index (χ2n) is 6.81. The van der Waals surface area contributed by atoms with E-state index in [2.05, 4.69) is 27.6 Å². The third-order valence-electron chi connectivity index (χ3n) is 4.61. The number of guanidine groups is 1. The number of aliphatic imine (C=N–C) groups is 1. The van der Waals surface area contributed by atoms with Crippen molar-refractivity contribution in [2.75, 3.05) is 7.05 Å². The van der Waals surface area contributed by atoms with Gasteiger partial charge in [0.25, 0.3) is 0 Å². The summed E-state index contributed by atoms with van der Waals surface area (Å²) in [5, 5.41) is 12.8. The maximum Gasteiger partial charge on any atom is 0.194 e. The molecule has 30 heavy (non-hydrogen) atoms. The van der Waals surface area contributed by atoms with Gasteiger partial charge < -0.3 is 14.8 Å². The monoisotopic (exact) mass is 558 g/mol. The fraction of sp³-hybridized carbons (Fsp3) is 0.286. The molecule has 1 aromatic heterocycles. The molecule has 0 spiro atoms. The SMILES string of the molecule is Cc1nnc(CNC(=NCc2ccccc2)N(C)Cc2ccc(Cl)c(Cl)c2)n1C.I. The first kappa shape index (κ1) is 24.4. The van der Waals surface area contributed by atoms with Gasteiger partial charge in [-0.25, -0.2) is 4.99 Å². The molecule has 3 rings (SSSR count). The lowest BCUT2D eigenvalue weighted by Gasteiger charge is -2.23. The Labute approximate surface area is 204 Å². The summed E-state index contributed by atoms with van der Waals surface area (Å²) in [5.74, 6) is 2.48. The first-order chi connectivity index (χ1) is 13.9. The molecule has 6 nitrogen and oxygen atoms in total. The van der Waals surface area contributed by atoms with E-state index in [9.17, 15) is 0 Å². The average Bonchev–Trinajstić information content (AvgIpc) is 3.03. The van der Waals surface area contributed by atoms with Crippen LogP contribution in [-0.4, -0.2) is 32.7 Å². The van der Waals surface area contributed by atoms with Gasteiger partial charge in [-0.15, -0.1) is 34.2 Å². The maximum atomic E-state index is 6.16. The summed E-state index contributed by atoms with van der Waals surface area (Å²) in [6.07, 6.45) is 0. The van der Waals surface area contributed by atoms with Crippen molar-refractivity contribution in [2.24, 2.45) is 12.0 Å². The summed E-state index contributed by atoms with van der Waals surface area (Å²) in [7, 11) is 3.94. The van der Waals surface area contributed by atoms with Crippen molar-refractivity contribution in [3.63, 3.8) is 0 Å². The fourth-order valence-electron chi connectivity index (χ4n) is 2.81. The predicted molar refractivity (Wildman–Crippen MR) is 134 cm³/mol. The second kappa shape index (κ2) is 11.5. The van der Waals surface area contributed by atoms with Gasteiger partial charge in [-0.2, -0.15) is 0 Å². The van der Waals surface area contributed by atoms with E-state index >= 15 is 0 Å². The largest absolute Gasteiger partial charge is 0.349 e. The van der Waals surface area contributed by atoms with E-state index in [-0.39, 0.29) is 24.0 Å². The lowest BCUT2D eigenvalue weighted by atomic mass is 10.2. The van der Waals surface area contributed by atoms with Gasteiger partial charge in [0, 0.05) is 20.6 Å². The Morgan fingerprint density at radius 2 is 1.80 bits per heavy atom. The molecule has 0 unspecified atom stereocenters. The van der Waals surface area contributed by atoms with Crippen LogP contribution in [0.2, 0.25) is 10.0 Å². The lowest BCUT2D eigenvalue weighted by molar-refractivity contribution is 0.472. The number of hydrogen-bond acceptors (Lipinski definition) is 3. The number of hydrogen-bond donors (Lipinski definition) is 1. The van der Waals surface area contributed by atoms with Gasteiger partial charge in [0.1, 0.15) is 5.82 Å². The molecule has 0 amide bonds. The van der Waals surface area contributed by atoms with Crippen molar-refractivity contribution in [3.05, 3.63) is 81.4 Å². The van der Waals surface area contributed by atoms with Crippen LogP contribution in [-0.2, 0) is 26.7 Å². The molecule has 1 N–H and O–H groups in total. The Hall–Kier alpha value is -1.84. The number of rotatable bonds is 6. The summed E-state index contributed by atoms with van der Waals surface area (Å²) in [6.45, 7) is 3.66. The van der Waals surface area contributed by atoms with E-state index in [1.165, 1.54) is 0 Å². The van der Waals surface area contributed by atoms with E-state index in [0.717, 1.165) is 28.7 Å². The Kier molecular flexibility index (Phi) is 9.38. The molecule has 0 saturated heterocycles. The number of nitrogens with one attached hydrogen (secondary N) is 1. The van der Waals surface area contributed by atoms with Crippen LogP contribution in [0.15, 0.2) is 53.5 Å². The van der Waals surface area contributed by atoms with Crippen LogP contribution in [0.1, 0.15) is 22.8 Å². The number of nitrogens with zero attached hydrogens (tertiary/aromatic N) is 5. The number of aromatic nitrogens is 3. The topological polar surface area (TPSA) is 58.3 Å². The molecule has 0 aliphatic rings. The molecule has 160 valence electrons. The van der Waals surface area contributed by atoms with Crippen LogP contribution in [0.5, 0.6) is 0 Å². The predicted octanol–water partition coefficient (Wildman–Crippen LogP) is 4.83. The fourth-order valence-corrected chi connectivity index (χ4v) is 3.13. The standard InChI is InChI=1S/C21H24Cl2N6.HI/c1-15-26-27-20(29(15)3)13-25-21(24-12-16-7-5-4-6-8-16)28(2)14-17-9-10-18(22)19(23)11-17;/h4-11H,12-14H2,1-3H3,(H,24,25);1H. The smallest absolute Gasteiger partial charge is 0.194 e. The van der Waals surface area contributed by atoms with Crippen LogP contribution in [0, 0.1) is 6.92 Å². The van der Waals surface area contributed by atoms with E-state index in [0.29, 0.717) is 29.7 Å². The molecule has 0 aliphatic carbocycles. The van der Waals surface area contributed by atoms with Crippen molar-refractivity contribution < 1.29 is 0 Å². The van der Waals surface area contributed by atoms with Gasteiger partial charge in [0.2, 0.25) is 0 Å². The summed E-state index contributed by atoms with van der Waals surface area (Å²) >= 11 is 12.2. The molecule has 0 aliphatic heterocycles. The van der Waals surface area contributed by atoms with Crippen LogP contribution >= 0.6 is 47.2 Å². The molecule has 0 saturated carbocycles. The Balaban J connectivity index is 0.00000320. The molecule has 3 aromatic rings. The zero-order chi connectivity index (χ0) is 20.8. The molecule has 0 radical (unpaired) electrons. The highest BCUT2D eigenvalue weighted by molar-refractivity contribution is 14.0. The molecule has 1 heterocycles. The molecular weight excluding hydrogens is 534 g/mol. The van der Waals surface area contributed by atoms with Crippen molar-refractivity contribution in [1.29, 1.82) is 0 Å². The Morgan fingerprint density at radius 1 is 1.07 bits per heavy atom. The molecule has 2 aromatic carbocycles. The highest BCUT2D eigenvalue weighted by atomic mass is 127. The zero-order valence-electron chi connectivity index (χ0n) is 17.1. The third kappa shape index (κ3) is 6.58. The Morgan fingerprint density at radius 3 is 2.43 bits per heavy atom. The van der Waals surface area contributed by atoms with Gasteiger partial charge in [-0.05, 0) is 30.2 Å². The second-order valence-corrected chi connectivity index (χ2v) is 7.62. The third-order valence-corrected chi connectivity index (χ3v) is 5.35. The van der Waals surface area contributed by atoms with Crippen LogP contribution in [0.3, 0.4) is 0 Å². The van der Waals surface area contributed by atoms with Gasteiger partial charge in [0.15, 0.2) is 11.8 Å². The highest BCUT2D eigenvalue weighted by Crippen LogP contribution is 2.23. The van der Waals surface area contributed by atoms with Crippen molar-refractivity contribution in [3.8, 4) is 0 Å². The van der Waals surface area contributed by atoms with Crippen LogP contribution < -0.4 is 5.32 Å². The Bertz CT molecular complexity index is 990.